The lowest BCUT2D eigenvalue weighted by atomic mass is 9.79. The van der Waals surface area contributed by atoms with Gasteiger partial charge in [-0.25, -0.2) is 0 Å². The zero-order valence-electron chi connectivity index (χ0n) is 11.6. The number of piperidine rings is 1. The summed E-state index contributed by atoms with van der Waals surface area (Å²) in [6.45, 7) is 4.15. The molecule has 2 aliphatic heterocycles. The molecule has 0 aromatic heterocycles. The molecular weight excluding hydrogens is 254 g/mol. The molecule has 0 amide bonds. The SMILES string of the molecule is CCOC=C1C(=O)c2ccccc2OC12CCNCC2. The first-order chi connectivity index (χ1) is 9.77. The molecule has 20 heavy (non-hydrogen) atoms. The molecule has 0 aliphatic carbocycles. The number of nitrogens with one attached hydrogen (secondary N) is 1. The van der Waals surface area contributed by atoms with Crippen molar-refractivity contribution in [1.29, 1.82) is 0 Å². The average Bonchev–Trinajstić information content (AvgIpc) is 2.48. The number of hydrogen-bond acceptors (Lipinski definition) is 4. The van der Waals surface area contributed by atoms with Gasteiger partial charge < -0.3 is 14.8 Å². The van der Waals surface area contributed by atoms with Gasteiger partial charge in [-0.15, -0.1) is 0 Å². The van der Waals surface area contributed by atoms with Crippen LogP contribution in [0.4, 0.5) is 0 Å². The van der Waals surface area contributed by atoms with Gasteiger partial charge in [-0.1, -0.05) is 12.1 Å². The van der Waals surface area contributed by atoms with Crippen LogP contribution < -0.4 is 10.1 Å². The van der Waals surface area contributed by atoms with Crippen LogP contribution in [0.5, 0.6) is 5.75 Å². The van der Waals surface area contributed by atoms with E-state index in [-0.39, 0.29) is 5.78 Å². The zero-order chi connectivity index (χ0) is 14.0. The van der Waals surface area contributed by atoms with Crippen molar-refractivity contribution in [2.24, 2.45) is 0 Å². The Morgan fingerprint density at radius 1 is 1.35 bits per heavy atom. The quantitative estimate of drug-likeness (QED) is 0.663. The fourth-order valence-corrected chi connectivity index (χ4v) is 2.89. The number of hydrogen-bond donors (Lipinski definition) is 1. The highest BCUT2D eigenvalue weighted by atomic mass is 16.5. The van der Waals surface area contributed by atoms with Gasteiger partial charge in [0.15, 0.2) is 5.78 Å². The van der Waals surface area contributed by atoms with E-state index in [9.17, 15) is 4.79 Å². The van der Waals surface area contributed by atoms with Crippen molar-refractivity contribution in [3.63, 3.8) is 0 Å². The summed E-state index contributed by atoms with van der Waals surface area (Å²) in [4.78, 5) is 12.7. The van der Waals surface area contributed by atoms with Gasteiger partial charge in [0, 0.05) is 12.8 Å². The Morgan fingerprint density at radius 2 is 2.10 bits per heavy atom. The van der Waals surface area contributed by atoms with E-state index in [1.165, 1.54) is 0 Å². The average molecular weight is 273 g/mol. The maximum Gasteiger partial charge on any atom is 0.199 e. The Morgan fingerprint density at radius 3 is 2.85 bits per heavy atom. The fourth-order valence-electron chi connectivity index (χ4n) is 2.89. The first-order valence-electron chi connectivity index (χ1n) is 7.12. The molecular formula is C16H19NO3. The first-order valence-corrected chi connectivity index (χ1v) is 7.12. The number of ketones is 1. The van der Waals surface area contributed by atoms with Gasteiger partial charge >= 0.3 is 0 Å². The number of ether oxygens (including phenoxy) is 2. The highest BCUT2D eigenvalue weighted by Gasteiger charge is 2.46. The number of para-hydroxylation sites is 1. The lowest BCUT2D eigenvalue weighted by Crippen LogP contribution is -2.51. The van der Waals surface area contributed by atoms with E-state index in [2.05, 4.69) is 5.32 Å². The number of benzene rings is 1. The third-order valence-electron chi connectivity index (χ3n) is 3.95. The Hall–Kier alpha value is -1.81. The number of carbonyl (C=O) groups is 1. The van der Waals surface area contributed by atoms with Gasteiger partial charge in [-0.05, 0) is 32.1 Å². The van der Waals surface area contributed by atoms with Crippen molar-refractivity contribution in [3.05, 3.63) is 41.7 Å². The van der Waals surface area contributed by atoms with E-state index in [0.29, 0.717) is 23.5 Å². The Bertz CT molecular complexity index is 544. The third-order valence-corrected chi connectivity index (χ3v) is 3.95. The number of fused-ring (bicyclic) bond motifs is 1. The van der Waals surface area contributed by atoms with E-state index < -0.39 is 5.60 Å². The molecule has 1 N–H and O–H groups in total. The zero-order valence-corrected chi connectivity index (χ0v) is 11.6. The summed E-state index contributed by atoms with van der Waals surface area (Å²) in [5, 5.41) is 3.31. The summed E-state index contributed by atoms with van der Waals surface area (Å²) in [5.41, 5.74) is 0.744. The minimum atomic E-state index is -0.536. The van der Waals surface area contributed by atoms with Gasteiger partial charge in [0.1, 0.15) is 11.4 Å². The molecule has 1 fully saturated rings. The van der Waals surface area contributed by atoms with Crippen LogP contribution in [-0.2, 0) is 4.74 Å². The molecule has 1 spiro atoms. The van der Waals surface area contributed by atoms with Crippen molar-refractivity contribution in [1.82, 2.24) is 5.32 Å². The minimum Gasteiger partial charge on any atom is -0.501 e. The minimum absolute atomic E-state index is 0.0298. The molecule has 0 atom stereocenters. The Labute approximate surface area is 118 Å². The van der Waals surface area contributed by atoms with Crippen molar-refractivity contribution < 1.29 is 14.3 Å². The number of rotatable bonds is 2. The molecule has 0 radical (unpaired) electrons. The predicted molar refractivity (Wildman–Crippen MR) is 75.9 cm³/mol. The van der Waals surface area contributed by atoms with Gasteiger partial charge in [-0.3, -0.25) is 4.79 Å². The van der Waals surface area contributed by atoms with Crippen molar-refractivity contribution in [2.45, 2.75) is 25.4 Å². The van der Waals surface area contributed by atoms with Gasteiger partial charge in [0.2, 0.25) is 0 Å². The van der Waals surface area contributed by atoms with Crippen LogP contribution in [0, 0.1) is 0 Å². The predicted octanol–water partition coefficient (Wildman–Crippen LogP) is 2.30. The van der Waals surface area contributed by atoms with E-state index in [0.717, 1.165) is 25.9 Å². The summed E-state index contributed by atoms with van der Waals surface area (Å²) in [6.07, 6.45) is 3.17. The summed E-state index contributed by atoms with van der Waals surface area (Å²) in [7, 11) is 0. The molecule has 4 nitrogen and oxygen atoms in total. The van der Waals surface area contributed by atoms with E-state index in [4.69, 9.17) is 9.47 Å². The van der Waals surface area contributed by atoms with Crippen LogP contribution in [0.2, 0.25) is 0 Å². The maximum atomic E-state index is 12.7. The molecule has 1 aromatic carbocycles. The molecule has 0 bridgehead atoms. The summed E-state index contributed by atoms with van der Waals surface area (Å²) >= 11 is 0. The normalized spacial score (nSPS) is 22.4. The first kappa shape index (κ1) is 13.2. The standard InChI is InChI=1S/C16H19NO3/c1-2-19-11-13-15(18)12-5-3-4-6-14(12)20-16(13)7-9-17-10-8-16/h3-6,11,17H,2,7-10H2,1H3. The van der Waals surface area contributed by atoms with Gasteiger partial charge in [0.25, 0.3) is 0 Å². The van der Waals surface area contributed by atoms with Crippen molar-refractivity contribution in [3.8, 4) is 5.75 Å². The van der Waals surface area contributed by atoms with Crippen LogP contribution >= 0.6 is 0 Å². The molecule has 106 valence electrons. The van der Waals surface area contributed by atoms with E-state index >= 15 is 0 Å². The number of Topliss-reactive ketones (excluding diaryl/α,β-unsaturated/α-hetero) is 1. The van der Waals surface area contributed by atoms with E-state index in [1.807, 2.05) is 31.2 Å². The van der Waals surface area contributed by atoms with Crippen molar-refractivity contribution in [2.75, 3.05) is 19.7 Å². The Balaban J connectivity index is 2.06. The van der Waals surface area contributed by atoms with Crippen LogP contribution in [0.3, 0.4) is 0 Å². The third kappa shape index (κ3) is 2.10. The Kier molecular flexibility index (Phi) is 3.49. The molecule has 4 heteroatoms. The van der Waals surface area contributed by atoms with E-state index in [1.54, 1.807) is 6.26 Å². The lowest BCUT2D eigenvalue weighted by Gasteiger charge is -2.42. The second-order valence-corrected chi connectivity index (χ2v) is 5.16. The molecule has 2 aliphatic rings. The largest absolute Gasteiger partial charge is 0.501 e. The highest BCUT2D eigenvalue weighted by Crippen LogP contribution is 2.41. The molecule has 3 rings (SSSR count). The number of carbonyl (C=O) groups excluding carboxylic acids is 1. The smallest absolute Gasteiger partial charge is 0.199 e. The summed E-state index contributed by atoms with van der Waals surface area (Å²) in [5.74, 6) is 0.718. The van der Waals surface area contributed by atoms with Gasteiger partial charge in [0.05, 0.1) is 24.0 Å². The molecule has 2 heterocycles. The van der Waals surface area contributed by atoms with Crippen LogP contribution in [0.1, 0.15) is 30.1 Å². The highest BCUT2D eigenvalue weighted by molar-refractivity contribution is 6.12. The molecule has 1 saturated heterocycles. The molecule has 0 saturated carbocycles. The van der Waals surface area contributed by atoms with Crippen LogP contribution in [0.25, 0.3) is 0 Å². The lowest BCUT2D eigenvalue weighted by molar-refractivity contribution is 0.0502. The molecule has 0 unspecified atom stereocenters. The fraction of sp³-hybridized carbons (Fsp3) is 0.438. The topological polar surface area (TPSA) is 47.6 Å². The maximum absolute atomic E-state index is 12.7. The second kappa shape index (κ2) is 5.29. The van der Waals surface area contributed by atoms with Crippen LogP contribution in [-0.4, -0.2) is 31.1 Å². The summed E-state index contributed by atoms with van der Waals surface area (Å²) < 4.78 is 11.6. The van der Waals surface area contributed by atoms with Crippen molar-refractivity contribution >= 4 is 5.78 Å². The van der Waals surface area contributed by atoms with Gasteiger partial charge in [-0.2, -0.15) is 0 Å². The monoisotopic (exact) mass is 273 g/mol. The van der Waals surface area contributed by atoms with Crippen LogP contribution in [0.15, 0.2) is 36.1 Å². The summed E-state index contributed by atoms with van der Waals surface area (Å²) in [6, 6.07) is 7.44. The molecule has 1 aromatic rings. The second-order valence-electron chi connectivity index (χ2n) is 5.16.